The van der Waals surface area contributed by atoms with Crippen molar-refractivity contribution in [2.75, 3.05) is 98.8 Å². The fraction of sp³-hybridized carbons (Fsp3) is 0.607. The number of aromatic amines is 1. The van der Waals surface area contributed by atoms with Crippen LogP contribution in [0.25, 0.3) is 0 Å². The summed E-state index contributed by atoms with van der Waals surface area (Å²) in [5.74, 6) is -1.33. The second-order valence-electron chi connectivity index (χ2n) is 26.5. The van der Waals surface area contributed by atoms with Crippen LogP contribution >= 0.6 is 27.5 Å². The average molecular weight is 1410 g/mol. The molecule has 8 heterocycles. The van der Waals surface area contributed by atoms with Crippen molar-refractivity contribution in [3.05, 3.63) is 114 Å². The summed E-state index contributed by atoms with van der Waals surface area (Å²) in [6.07, 6.45) is 15.4. The van der Waals surface area contributed by atoms with E-state index in [1.165, 1.54) is 43.3 Å². The minimum absolute atomic E-state index is 0.228. The molecule has 0 aromatic carbocycles. The molecule has 4 saturated heterocycles. The summed E-state index contributed by atoms with van der Waals surface area (Å²) in [7, 11) is 4.42. The Morgan fingerprint density at radius 3 is 1.62 bits per heavy atom. The minimum atomic E-state index is -1.54. The first kappa shape index (κ1) is 79.4. The van der Waals surface area contributed by atoms with E-state index in [9.17, 15) is 68.3 Å². The molecule has 4 fully saturated rings. The Morgan fingerprint density at radius 1 is 0.660 bits per heavy atom. The summed E-state index contributed by atoms with van der Waals surface area (Å²) < 4.78 is 56.0. The summed E-state index contributed by atoms with van der Waals surface area (Å²) in [5.41, 5.74) is -2.46. The lowest BCUT2D eigenvalue weighted by atomic mass is 10.00. The number of nitrogens with one attached hydrogen (secondary N) is 4. The summed E-state index contributed by atoms with van der Waals surface area (Å²) in [5, 5.41) is 59.0. The number of urea groups is 1. The first-order chi connectivity index (χ1) is 43.5. The SMILES string of the molecule is C=C1NC(=O)C=CN1[C@@H]1O[C@H](CCP(=C)(C)C)[C@@H](O)[C@H]1OC.C=C1NC(=O)NC=C1[C@@H]1O[C@H](CCP(=C)(C)C)[C@@H](O)[C@H]1F.C=P(C)(C)CC[C@H]1O[C@@H](n2cc(C(=O)COC(C)=O)c(=O)[nH]c2=O)[C@H](O)[C@@H]1O.C=P(C)(C)CC[C@H]1O[C@@H](n2ccc(=O)n(C)c2=O)[C@H](OC)[C@@H]1O. The molecular formula is C61H97FN8O20P4. The highest BCUT2D eigenvalue weighted by molar-refractivity contribution is 7.73. The zero-order valence-electron chi connectivity index (χ0n) is 55.6. The number of aliphatic hydroxyl groups is 5. The molecule has 94 heavy (non-hydrogen) atoms. The van der Waals surface area contributed by atoms with E-state index >= 15 is 0 Å². The van der Waals surface area contributed by atoms with Gasteiger partial charge < -0.3 is 79.5 Å². The number of ether oxygens (including phenoxy) is 7. The summed E-state index contributed by atoms with van der Waals surface area (Å²) in [6, 6.07) is 0.875. The fourth-order valence-corrected chi connectivity index (χ4v) is 14.4. The molecule has 0 bridgehead atoms. The molecule has 0 aliphatic carbocycles. The molecule has 6 aliphatic rings. The van der Waals surface area contributed by atoms with E-state index in [2.05, 4.69) is 99.0 Å². The Balaban J connectivity index is 0.000000228. The van der Waals surface area contributed by atoms with Crippen LogP contribution in [0.1, 0.15) is 55.4 Å². The maximum Gasteiger partial charge on any atom is 0.332 e. The number of H-pyrrole nitrogens is 1. The normalized spacial score (nSPS) is 29.4. The van der Waals surface area contributed by atoms with Crippen molar-refractivity contribution in [3.8, 4) is 0 Å². The molecule has 0 spiro atoms. The monoisotopic (exact) mass is 1400 g/mol. The summed E-state index contributed by atoms with van der Waals surface area (Å²) in [6.45, 7) is 19.7. The number of hydrogen-bond donors (Lipinski definition) is 9. The number of carbonyl (C=O) groups excluding carboxylic acids is 4. The first-order valence-electron chi connectivity index (χ1n) is 30.1. The van der Waals surface area contributed by atoms with E-state index in [-0.39, 0.29) is 17.6 Å². The number of ketones is 1. The Morgan fingerprint density at radius 2 is 1.14 bits per heavy atom. The zero-order valence-corrected chi connectivity index (χ0v) is 59.2. The predicted octanol–water partition coefficient (Wildman–Crippen LogP) is 0.786. The lowest BCUT2D eigenvalue weighted by molar-refractivity contribution is -0.139. The van der Waals surface area contributed by atoms with Gasteiger partial charge in [-0.3, -0.25) is 42.7 Å². The molecule has 6 aliphatic heterocycles. The molecular weight excluding hydrogens is 1310 g/mol. The topological polar surface area (TPSA) is 372 Å². The van der Waals surface area contributed by atoms with Crippen LogP contribution in [0, 0.1) is 0 Å². The highest BCUT2D eigenvalue weighted by Crippen LogP contribution is 2.43. The molecule has 9 N–H and O–H groups in total. The van der Waals surface area contributed by atoms with Crippen molar-refractivity contribution in [3.63, 3.8) is 0 Å². The van der Waals surface area contributed by atoms with E-state index < -0.39 is 166 Å². The fourth-order valence-electron chi connectivity index (χ4n) is 10.5. The van der Waals surface area contributed by atoms with Gasteiger partial charge in [0.05, 0.1) is 24.4 Å². The Hall–Kier alpha value is -5.31. The van der Waals surface area contributed by atoms with Gasteiger partial charge in [-0.25, -0.2) is 18.8 Å². The predicted molar refractivity (Wildman–Crippen MR) is 369 cm³/mol. The number of aliphatic hydroxyl groups excluding tert-OH is 5. The van der Waals surface area contributed by atoms with E-state index in [0.29, 0.717) is 42.5 Å². The standard InChI is InChI=1S/C17H25N2O8P.C15H25N2O5P.C15H25N2O4P.C14H22FN2O3P/c1-9(20)26-8-11(21)10-7-19(17(25)18-15(10)24)16-14(23)13(22)12(27-16)5-6-28(2,3)4;1-16-11(18)6-8-17(15(16)20)14-13(21-2)12(19)10(22-14)7-9-23(3,4)5;1-10-16-12(18)6-8-17(10)15-14(20-2)13(19)11(21-15)7-9-22(3,4)5;1-8-9(7-16-14(19)17-8)13-11(15)12(18)10(20-13)5-6-21(2,3)4/h7,12-14,16,22-23H,2,5-6,8H2,1,3-4H3,(H,18,24,25);6,8,10,12-14,19H,3,7,9H2,1-2,4-5H3;6,8,11,13-15,19H,1,3,7,9H2,2,4-5H3,(H,16,18);7,10-13,18H,1-2,5-6H2,3-4H3,(H2,16,17,19)/t12-,13-,14-,16-;10-,12-,13-,14-;11-,13-,14-,15-;10-,11-,12-,13+/m1111/s1. The molecule has 0 radical (unpaired) electrons. The van der Waals surface area contributed by atoms with Crippen LogP contribution in [-0.2, 0) is 49.8 Å². The van der Waals surface area contributed by atoms with Crippen LogP contribution in [-0.4, -0.2) is 282 Å². The number of methoxy groups -OCH3 is 2. The smallest absolute Gasteiger partial charge is 0.332 e. The first-order valence-corrected chi connectivity index (χ1v) is 42.3. The Labute approximate surface area is 547 Å². The van der Waals surface area contributed by atoms with Crippen LogP contribution in [0.2, 0.25) is 0 Å². The van der Waals surface area contributed by atoms with Gasteiger partial charge in [0.1, 0.15) is 60.2 Å². The molecule has 2 aromatic heterocycles. The molecule has 0 saturated carbocycles. The molecule has 528 valence electrons. The van der Waals surface area contributed by atoms with Crippen LogP contribution in [0.5, 0.6) is 0 Å². The van der Waals surface area contributed by atoms with Crippen molar-refractivity contribution in [2.24, 2.45) is 7.05 Å². The maximum absolute atomic E-state index is 14.3. The minimum Gasteiger partial charge on any atom is -0.457 e. The lowest BCUT2D eigenvalue weighted by Crippen LogP contribution is -2.47. The van der Waals surface area contributed by atoms with Gasteiger partial charge in [-0.15, -0.1) is 52.7 Å². The van der Waals surface area contributed by atoms with Gasteiger partial charge in [0.2, 0.25) is 5.78 Å². The van der Waals surface area contributed by atoms with Gasteiger partial charge in [0, 0.05) is 76.4 Å². The van der Waals surface area contributed by atoms with Gasteiger partial charge >= 0.3 is 23.4 Å². The second kappa shape index (κ2) is 33.3. The summed E-state index contributed by atoms with van der Waals surface area (Å²) >= 11 is 0. The third-order valence-corrected chi connectivity index (χ3v) is 21.7. The number of nitrogens with zero attached hydrogens (tertiary/aromatic N) is 4. The highest BCUT2D eigenvalue weighted by atomic mass is 31.2. The third kappa shape index (κ3) is 21.8. The number of esters is 1. The number of halogens is 1. The quantitative estimate of drug-likeness (QED) is 0.0474. The Bertz CT molecular complexity index is 3600. The molecule has 2 aromatic rings. The van der Waals surface area contributed by atoms with Gasteiger partial charge in [-0.2, -0.15) is 0 Å². The van der Waals surface area contributed by atoms with E-state index in [1.54, 1.807) is 18.2 Å². The molecule has 28 nitrogen and oxygen atoms in total. The molecule has 8 rings (SSSR count). The van der Waals surface area contributed by atoms with Crippen molar-refractivity contribution >= 4 is 76.4 Å². The van der Waals surface area contributed by atoms with Crippen LogP contribution in [0.15, 0.2) is 86.4 Å². The largest absolute Gasteiger partial charge is 0.457 e. The average Bonchev–Trinajstić information content (AvgIpc) is 1.60. The summed E-state index contributed by atoms with van der Waals surface area (Å²) in [4.78, 5) is 97.0. The van der Waals surface area contributed by atoms with E-state index in [1.807, 2.05) is 18.3 Å². The van der Waals surface area contributed by atoms with Crippen molar-refractivity contribution in [1.82, 2.24) is 39.5 Å². The molecule has 0 unspecified atom stereocenters. The van der Waals surface area contributed by atoms with Crippen LogP contribution in [0.4, 0.5) is 9.18 Å². The maximum atomic E-state index is 14.3. The highest BCUT2D eigenvalue weighted by Gasteiger charge is 2.50. The van der Waals surface area contributed by atoms with Crippen molar-refractivity contribution in [1.29, 1.82) is 0 Å². The molecule has 3 amide bonds. The van der Waals surface area contributed by atoms with Crippen molar-refractivity contribution in [2.45, 2.75) is 131 Å². The number of aromatic nitrogens is 4. The van der Waals surface area contributed by atoms with Crippen molar-refractivity contribution < 1.29 is 82.3 Å². The third-order valence-electron chi connectivity index (χ3n) is 15.9. The molecule has 33 heteroatoms. The van der Waals surface area contributed by atoms with Gasteiger partial charge in [0.25, 0.3) is 17.0 Å². The number of amides is 3. The van der Waals surface area contributed by atoms with Gasteiger partial charge in [0.15, 0.2) is 31.5 Å². The van der Waals surface area contributed by atoms with E-state index in [0.717, 1.165) is 47.2 Å². The van der Waals surface area contributed by atoms with Crippen LogP contribution in [0.3, 0.4) is 0 Å². The number of rotatable bonds is 21. The second-order valence-corrected chi connectivity index (χ2v) is 43.8. The molecule has 16 atom stereocenters. The number of alkyl halides is 1. The van der Waals surface area contributed by atoms with E-state index in [4.69, 9.17) is 28.4 Å². The lowest BCUT2D eigenvalue weighted by Gasteiger charge is -2.33. The van der Waals surface area contributed by atoms with Gasteiger partial charge in [-0.05, 0) is 104 Å². The number of hydrogen-bond acceptors (Lipinski definition) is 21. The number of Topliss-reactive ketones (excluding diaryl/α,β-unsaturated/α-hetero) is 1. The van der Waals surface area contributed by atoms with Crippen LogP contribution < -0.4 is 38.4 Å². The van der Waals surface area contributed by atoms with Gasteiger partial charge in [-0.1, -0.05) is 13.2 Å². The Kier molecular flexibility index (Phi) is 28.1. The number of carbonyl (C=O) groups is 4. The zero-order chi connectivity index (χ0) is 70.9.